The topological polar surface area (TPSA) is 55.1 Å². The Morgan fingerprint density at radius 2 is 2.25 bits per heavy atom. The van der Waals surface area contributed by atoms with Crippen LogP contribution in [0.4, 0.5) is 5.69 Å². The van der Waals surface area contributed by atoms with Gasteiger partial charge in [0.2, 0.25) is 0 Å². The summed E-state index contributed by atoms with van der Waals surface area (Å²) in [4.78, 5) is 11.6. The second kappa shape index (κ2) is 4.67. The standard InChI is InChI=1S/C10H6BrClN2O2/c11-7-2-1-6(5-8(7)12)13-10(15)9-3-4-16-14-9/h1-5H,(H,13,15). The van der Waals surface area contributed by atoms with E-state index in [-0.39, 0.29) is 11.6 Å². The summed E-state index contributed by atoms with van der Waals surface area (Å²) >= 11 is 9.15. The number of carbonyl (C=O) groups excluding carboxylic acids is 1. The van der Waals surface area contributed by atoms with Crippen LogP contribution in [0.15, 0.2) is 39.5 Å². The minimum atomic E-state index is -0.341. The largest absolute Gasteiger partial charge is 0.364 e. The van der Waals surface area contributed by atoms with Gasteiger partial charge >= 0.3 is 0 Å². The maximum absolute atomic E-state index is 11.6. The van der Waals surface area contributed by atoms with Crippen molar-refractivity contribution in [2.75, 3.05) is 5.32 Å². The van der Waals surface area contributed by atoms with E-state index in [0.717, 1.165) is 4.47 Å². The Kier molecular flexibility index (Phi) is 3.26. The molecule has 0 saturated heterocycles. The summed E-state index contributed by atoms with van der Waals surface area (Å²) in [5.74, 6) is -0.341. The lowest BCUT2D eigenvalue weighted by molar-refractivity contribution is 0.101. The number of benzene rings is 1. The van der Waals surface area contributed by atoms with E-state index in [9.17, 15) is 4.79 Å². The van der Waals surface area contributed by atoms with Gasteiger partial charge in [-0.05, 0) is 34.1 Å². The first-order chi connectivity index (χ1) is 7.66. The van der Waals surface area contributed by atoms with E-state index < -0.39 is 0 Å². The minimum absolute atomic E-state index is 0.221. The van der Waals surface area contributed by atoms with Crippen LogP contribution in [0, 0.1) is 0 Å². The molecular weight excluding hydrogens is 295 g/mol. The van der Waals surface area contributed by atoms with Gasteiger partial charge in [0.25, 0.3) is 5.91 Å². The van der Waals surface area contributed by atoms with Gasteiger partial charge in [0.1, 0.15) is 6.26 Å². The molecule has 2 aromatic rings. The average molecular weight is 302 g/mol. The lowest BCUT2D eigenvalue weighted by atomic mass is 10.3. The number of rotatable bonds is 2. The number of hydrogen-bond donors (Lipinski definition) is 1. The number of anilines is 1. The highest BCUT2D eigenvalue weighted by Crippen LogP contribution is 2.25. The molecule has 0 aliphatic rings. The molecular formula is C10H6BrClN2O2. The molecule has 0 aliphatic carbocycles. The molecule has 82 valence electrons. The van der Waals surface area contributed by atoms with E-state index in [1.807, 2.05) is 0 Å². The smallest absolute Gasteiger partial charge is 0.277 e. The molecule has 0 fully saturated rings. The number of halogens is 2. The third-order valence-electron chi connectivity index (χ3n) is 1.85. The molecule has 1 heterocycles. The second-order valence-electron chi connectivity index (χ2n) is 2.97. The van der Waals surface area contributed by atoms with Crippen molar-refractivity contribution in [2.24, 2.45) is 0 Å². The number of hydrogen-bond acceptors (Lipinski definition) is 3. The Hall–Kier alpha value is -1.33. The third-order valence-corrected chi connectivity index (χ3v) is 3.08. The van der Waals surface area contributed by atoms with Crippen molar-refractivity contribution in [1.82, 2.24) is 5.16 Å². The van der Waals surface area contributed by atoms with Crippen LogP contribution >= 0.6 is 27.5 Å². The van der Waals surface area contributed by atoms with Crippen LogP contribution in [0.2, 0.25) is 5.02 Å². The van der Waals surface area contributed by atoms with Crippen molar-refractivity contribution in [2.45, 2.75) is 0 Å². The number of aromatic nitrogens is 1. The van der Waals surface area contributed by atoms with Crippen molar-refractivity contribution in [3.63, 3.8) is 0 Å². The monoisotopic (exact) mass is 300 g/mol. The highest BCUT2D eigenvalue weighted by atomic mass is 79.9. The molecule has 0 saturated carbocycles. The number of nitrogens with zero attached hydrogens (tertiary/aromatic N) is 1. The summed E-state index contributed by atoms with van der Waals surface area (Å²) in [6, 6.07) is 6.61. The van der Waals surface area contributed by atoms with E-state index in [2.05, 4.69) is 30.9 Å². The predicted molar refractivity (Wildman–Crippen MR) is 63.6 cm³/mol. The fourth-order valence-electron chi connectivity index (χ4n) is 1.10. The molecule has 16 heavy (non-hydrogen) atoms. The van der Waals surface area contributed by atoms with Gasteiger partial charge in [-0.3, -0.25) is 4.79 Å². The van der Waals surface area contributed by atoms with Gasteiger partial charge < -0.3 is 9.84 Å². The van der Waals surface area contributed by atoms with Gasteiger partial charge in [-0.2, -0.15) is 0 Å². The molecule has 0 spiro atoms. The Balaban J connectivity index is 2.15. The van der Waals surface area contributed by atoms with Crippen LogP contribution < -0.4 is 5.32 Å². The normalized spacial score (nSPS) is 10.1. The van der Waals surface area contributed by atoms with E-state index in [4.69, 9.17) is 11.6 Å². The molecule has 0 bridgehead atoms. The van der Waals surface area contributed by atoms with Gasteiger partial charge in [0, 0.05) is 16.2 Å². The van der Waals surface area contributed by atoms with E-state index in [1.165, 1.54) is 12.3 Å². The van der Waals surface area contributed by atoms with E-state index in [0.29, 0.717) is 10.7 Å². The Labute approximate surface area is 105 Å². The quantitative estimate of drug-likeness (QED) is 0.925. The Bertz CT molecular complexity index is 514. The van der Waals surface area contributed by atoms with Crippen LogP contribution in [0.1, 0.15) is 10.5 Å². The zero-order chi connectivity index (χ0) is 11.5. The number of amides is 1. The van der Waals surface area contributed by atoms with Crippen LogP contribution in [-0.2, 0) is 0 Å². The van der Waals surface area contributed by atoms with E-state index in [1.54, 1.807) is 18.2 Å². The first-order valence-corrected chi connectivity index (χ1v) is 5.50. The fourth-order valence-corrected chi connectivity index (χ4v) is 1.53. The predicted octanol–water partition coefficient (Wildman–Crippen LogP) is 3.34. The minimum Gasteiger partial charge on any atom is -0.364 e. The molecule has 4 nitrogen and oxygen atoms in total. The molecule has 1 aromatic heterocycles. The Morgan fingerprint density at radius 1 is 1.44 bits per heavy atom. The van der Waals surface area contributed by atoms with Gasteiger partial charge in [-0.1, -0.05) is 16.8 Å². The van der Waals surface area contributed by atoms with Gasteiger partial charge in [-0.25, -0.2) is 0 Å². The van der Waals surface area contributed by atoms with Crippen molar-refractivity contribution in [3.05, 3.63) is 45.7 Å². The molecule has 6 heteroatoms. The van der Waals surface area contributed by atoms with Gasteiger partial charge in [0.15, 0.2) is 5.69 Å². The maximum atomic E-state index is 11.6. The summed E-state index contributed by atoms with van der Waals surface area (Å²) in [5.41, 5.74) is 0.820. The Morgan fingerprint density at radius 3 is 2.88 bits per heavy atom. The molecule has 0 aliphatic heterocycles. The second-order valence-corrected chi connectivity index (χ2v) is 4.23. The lowest BCUT2D eigenvalue weighted by Crippen LogP contribution is -2.11. The van der Waals surface area contributed by atoms with Gasteiger partial charge in [0.05, 0.1) is 5.02 Å². The lowest BCUT2D eigenvalue weighted by Gasteiger charge is -2.03. The zero-order valence-corrected chi connectivity index (χ0v) is 10.2. The van der Waals surface area contributed by atoms with Crippen LogP contribution in [0.25, 0.3) is 0 Å². The van der Waals surface area contributed by atoms with Crippen molar-refractivity contribution in [3.8, 4) is 0 Å². The van der Waals surface area contributed by atoms with Crippen LogP contribution in [0.3, 0.4) is 0 Å². The van der Waals surface area contributed by atoms with Crippen LogP contribution in [0.5, 0.6) is 0 Å². The molecule has 0 atom stereocenters. The summed E-state index contributed by atoms with van der Waals surface area (Å²) in [6.07, 6.45) is 1.34. The maximum Gasteiger partial charge on any atom is 0.277 e. The first-order valence-electron chi connectivity index (χ1n) is 4.33. The molecule has 1 aromatic carbocycles. The van der Waals surface area contributed by atoms with Crippen LogP contribution in [-0.4, -0.2) is 11.1 Å². The molecule has 0 unspecified atom stereocenters. The fraction of sp³-hybridized carbons (Fsp3) is 0. The van der Waals surface area contributed by atoms with Crippen molar-refractivity contribution < 1.29 is 9.32 Å². The highest BCUT2D eigenvalue weighted by molar-refractivity contribution is 9.10. The summed E-state index contributed by atoms with van der Waals surface area (Å²) in [6.45, 7) is 0. The summed E-state index contributed by atoms with van der Waals surface area (Å²) in [5, 5.41) is 6.69. The molecule has 1 N–H and O–H groups in total. The first kappa shape index (κ1) is 11.2. The molecule has 0 radical (unpaired) electrons. The third kappa shape index (κ3) is 2.43. The van der Waals surface area contributed by atoms with Crippen molar-refractivity contribution in [1.29, 1.82) is 0 Å². The number of carbonyl (C=O) groups is 1. The summed E-state index contributed by atoms with van der Waals surface area (Å²) in [7, 11) is 0. The zero-order valence-electron chi connectivity index (χ0n) is 7.91. The van der Waals surface area contributed by atoms with Crippen molar-refractivity contribution >= 4 is 39.1 Å². The number of nitrogens with one attached hydrogen (secondary N) is 1. The molecule has 2 rings (SSSR count). The molecule has 1 amide bonds. The van der Waals surface area contributed by atoms with Gasteiger partial charge in [-0.15, -0.1) is 0 Å². The highest BCUT2D eigenvalue weighted by Gasteiger charge is 2.09. The SMILES string of the molecule is O=C(Nc1ccc(Br)c(Cl)c1)c1ccon1. The average Bonchev–Trinajstić information content (AvgIpc) is 2.77. The summed E-state index contributed by atoms with van der Waals surface area (Å²) < 4.78 is 5.34. The van der Waals surface area contributed by atoms with E-state index >= 15 is 0 Å².